The summed E-state index contributed by atoms with van der Waals surface area (Å²) in [6.07, 6.45) is 1.00. The standard InChI is InChI=1S/C10H15NO4S/c1-2-4-15-10(14)11-3-5-16-7-8(11)6-9(12)13/h2,8H,1,3-7H2,(H,12,13). The molecule has 1 aliphatic heterocycles. The fourth-order valence-electron chi connectivity index (χ4n) is 1.48. The highest BCUT2D eigenvalue weighted by Crippen LogP contribution is 2.19. The summed E-state index contributed by atoms with van der Waals surface area (Å²) in [5.41, 5.74) is 0. The van der Waals surface area contributed by atoms with E-state index in [4.69, 9.17) is 9.84 Å². The Morgan fingerprint density at radius 2 is 2.38 bits per heavy atom. The van der Waals surface area contributed by atoms with Gasteiger partial charge in [-0.15, -0.1) is 0 Å². The van der Waals surface area contributed by atoms with Gasteiger partial charge in [0.05, 0.1) is 12.5 Å². The zero-order chi connectivity index (χ0) is 12.0. The van der Waals surface area contributed by atoms with Crippen LogP contribution >= 0.6 is 11.8 Å². The lowest BCUT2D eigenvalue weighted by Gasteiger charge is -2.33. The van der Waals surface area contributed by atoms with E-state index in [1.807, 2.05) is 0 Å². The zero-order valence-electron chi connectivity index (χ0n) is 8.92. The normalized spacial score (nSPS) is 20.2. The molecule has 1 heterocycles. The van der Waals surface area contributed by atoms with E-state index >= 15 is 0 Å². The van der Waals surface area contributed by atoms with Gasteiger partial charge in [0, 0.05) is 18.1 Å². The minimum atomic E-state index is -0.894. The van der Waals surface area contributed by atoms with Crippen molar-refractivity contribution in [2.24, 2.45) is 0 Å². The van der Waals surface area contributed by atoms with Gasteiger partial charge >= 0.3 is 12.1 Å². The lowest BCUT2D eigenvalue weighted by atomic mass is 10.2. The first-order chi connectivity index (χ1) is 7.65. The van der Waals surface area contributed by atoms with Crippen molar-refractivity contribution < 1.29 is 19.4 Å². The van der Waals surface area contributed by atoms with Gasteiger partial charge in [0.25, 0.3) is 0 Å². The second-order valence-electron chi connectivity index (χ2n) is 3.39. The lowest BCUT2D eigenvalue weighted by Crippen LogP contribution is -2.47. The molecule has 1 unspecified atom stereocenters. The number of amides is 1. The van der Waals surface area contributed by atoms with Crippen LogP contribution in [0, 0.1) is 0 Å². The Morgan fingerprint density at radius 3 is 3.00 bits per heavy atom. The molecule has 6 heteroatoms. The Hall–Kier alpha value is -1.17. The van der Waals surface area contributed by atoms with Crippen molar-refractivity contribution in [1.82, 2.24) is 4.90 Å². The SMILES string of the molecule is C=CCOC(=O)N1CCSCC1CC(=O)O. The number of hydrogen-bond acceptors (Lipinski definition) is 4. The van der Waals surface area contributed by atoms with Crippen LogP contribution in [0.3, 0.4) is 0 Å². The second-order valence-corrected chi connectivity index (χ2v) is 4.54. The molecule has 0 spiro atoms. The molecule has 1 aliphatic rings. The van der Waals surface area contributed by atoms with Crippen molar-refractivity contribution in [3.05, 3.63) is 12.7 Å². The molecule has 16 heavy (non-hydrogen) atoms. The maximum atomic E-state index is 11.6. The van der Waals surface area contributed by atoms with Crippen molar-refractivity contribution in [2.75, 3.05) is 24.7 Å². The number of carboxylic acid groups (broad SMARTS) is 1. The monoisotopic (exact) mass is 245 g/mol. The van der Waals surface area contributed by atoms with Crippen LogP contribution in [0.1, 0.15) is 6.42 Å². The molecule has 0 aromatic heterocycles. The van der Waals surface area contributed by atoms with Gasteiger partial charge < -0.3 is 14.7 Å². The molecule has 0 bridgehead atoms. The molecule has 0 aromatic rings. The number of carbonyl (C=O) groups excluding carboxylic acids is 1. The third kappa shape index (κ3) is 3.77. The smallest absolute Gasteiger partial charge is 0.410 e. The molecule has 1 atom stereocenters. The van der Waals surface area contributed by atoms with Crippen molar-refractivity contribution in [3.8, 4) is 0 Å². The van der Waals surface area contributed by atoms with E-state index in [0.29, 0.717) is 12.3 Å². The molecule has 1 rings (SSSR count). The minimum absolute atomic E-state index is 0.0316. The fourth-order valence-corrected chi connectivity index (χ4v) is 2.54. The first kappa shape index (κ1) is 12.9. The first-order valence-corrected chi connectivity index (χ1v) is 6.14. The van der Waals surface area contributed by atoms with Crippen molar-refractivity contribution in [1.29, 1.82) is 0 Å². The second kappa shape index (κ2) is 6.42. The fraction of sp³-hybridized carbons (Fsp3) is 0.600. The molecule has 0 radical (unpaired) electrons. The largest absolute Gasteiger partial charge is 0.481 e. The molecular weight excluding hydrogens is 230 g/mol. The Bertz CT molecular complexity index is 282. The molecule has 1 fully saturated rings. The number of hydrogen-bond donors (Lipinski definition) is 1. The van der Waals surface area contributed by atoms with Crippen LogP contribution in [0.25, 0.3) is 0 Å². The van der Waals surface area contributed by atoms with Crippen LogP contribution in [0.15, 0.2) is 12.7 Å². The summed E-state index contributed by atoms with van der Waals surface area (Å²) in [4.78, 5) is 23.7. The maximum absolute atomic E-state index is 11.6. The van der Waals surface area contributed by atoms with E-state index in [0.717, 1.165) is 5.75 Å². The molecule has 0 saturated carbocycles. The molecule has 0 aliphatic carbocycles. The van der Waals surface area contributed by atoms with Crippen molar-refractivity contribution in [3.63, 3.8) is 0 Å². The molecule has 90 valence electrons. The molecule has 1 saturated heterocycles. The summed E-state index contributed by atoms with van der Waals surface area (Å²) in [6.45, 7) is 4.15. The average Bonchev–Trinajstić information content (AvgIpc) is 2.26. The molecular formula is C10H15NO4S. The van der Waals surface area contributed by atoms with E-state index in [1.165, 1.54) is 11.0 Å². The van der Waals surface area contributed by atoms with Gasteiger partial charge in [-0.2, -0.15) is 11.8 Å². The highest BCUT2D eigenvalue weighted by molar-refractivity contribution is 7.99. The Balaban J connectivity index is 2.54. The number of carbonyl (C=O) groups is 2. The van der Waals surface area contributed by atoms with Crippen LogP contribution in [-0.4, -0.2) is 52.8 Å². The van der Waals surface area contributed by atoms with Gasteiger partial charge in [-0.1, -0.05) is 12.7 Å². The van der Waals surface area contributed by atoms with E-state index in [-0.39, 0.29) is 19.1 Å². The number of nitrogens with zero attached hydrogens (tertiary/aromatic N) is 1. The lowest BCUT2D eigenvalue weighted by molar-refractivity contribution is -0.138. The third-order valence-electron chi connectivity index (χ3n) is 2.20. The predicted molar refractivity (Wildman–Crippen MR) is 61.6 cm³/mol. The first-order valence-electron chi connectivity index (χ1n) is 4.99. The van der Waals surface area contributed by atoms with Gasteiger partial charge in [-0.25, -0.2) is 4.79 Å². The highest BCUT2D eigenvalue weighted by Gasteiger charge is 2.29. The van der Waals surface area contributed by atoms with Crippen LogP contribution in [-0.2, 0) is 9.53 Å². The summed E-state index contributed by atoms with van der Waals surface area (Å²) in [6, 6.07) is -0.270. The Morgan fingerprint density at radius 1 is 1.62 bits per heavy atom. The summed E-state index contributed by atoms with van der Waals surface area (Å²) >= 11 is 1.66. The predicted octanol–water partition coefficient (Wildman–Crippen LogP) is 1.20. The topological polar surface area (TPSA) is 66.8 Å². The van der Waals surface area contributed by atoms with Gasteiger partial charge in [-0.05, 0) is 0 Å². The number of carboxylic acids is 1. The third-order valence-corrected chi connectivity index (χ3v) is 3.29. The number of aliphatic carboxylic acids is 1. The molecule has 1 N–H and O–H groups in total. The van der Waals surface area contributed by atoms with Gasteiger partial charge in [0.15, 0.2) is 0 Å². The average molecular weight is 245 g/mol. The molecule has 0 aromatic carbocycles. The van der Waals surface area contributed by atoms with Crippen LogP contribution in [0.4, 0.5) is 4.79 Å². The van der Waals surface area contributed by atoms with Gasteiger partial charge in [0.2, 0.25) is 0 Å². The maximum Gasteiger partial charge on any atom is 0.410 e. The quantitative estimate of drug-likeness (QED) is 0.754. The Kier molecular flexibility index (Phi) is 5.18. The van der Waals surface area contributed by atoms with Crippen molar-refractivity contribution in [2.45, 2.75) is 12.5 Å². The van der Waals surface area contributed by atoms with Crippen LogP contribution < -0.4 is 0 Å². The summed E-state index contributed by atoms with van der Waals surface area (Å²) in [5, 5.41) is 8.74. The van der Waals surface area contributed by atoms with Crippen molar-refractivity contribution >= 4 is 23.8 Å². The summed E-state index contributed by atoms with van der Waals surface area (Å²) in [5.74, 6) is 0.573. The number of thioether (sulfide) groups is 1. The van der Waals surface area contributed by atoms with Gasteiger partial charge in [0.1, 0.15) is 6.61 Å². The minimum Gasteiger partial charge on any atom is -0.481 e. The van der Waals surface area contributed by atoms with E-state index < -0.39 is 12.1 Å². The van der Waals surface area contributed by atoms with E-state index in [9.17, 15) is 9.59 Å². The molecule has 1 amide bonds. The van der Waals surface area contributed by atoms with E-state index in [1.54, 1.807) is 11.8 Å². The zero-order valence-corrected chi connectivity index (χ0v) is 9.74. The van der Waals surface area contributed by atoms with Crippen LogP contribution in [0.2, 0.25) is 0 Å². The molecule has 5 nitrogen and oxygen atoms in total. The number of rotatable bonds is 4. The number of ether oxygens (including phenoxy) is 1. The summed E-state index contributed by atoms with van der Waals surface area (Å²) < 4.78 is 4.91. The van der Waals surface area contributed by atoms with E-state index in [2.05, 4.69) is 6.58 Å². The van der Waals surface area contributed by atoms with Crippen LogP contribution in [0.5, 0.6) is 0 Å². The Labute approximate surface area is 98.4 Å². The summed E-state index contributed by atoms with van der Waals surface area (Å²) in [7, 11) is 0. The van der Waals surface area contributed by atoms with Gasteiger partial charge in [-0.3, -0.25) is 4.79 Å². The highest BCUT2D eigenvalue weighted by atomic mass is 32.2.